The minimum atomic E-state index is -3.46. The highest BCUT2D eigenvalue weighted by atomic mass is 32.2. The van der Waals surface area contributed by atoms with Gasteiger partial charge < -0.3 is 5.32 Å². The second kappa shape index (κ2) is 11.8. The number of hydrogen-bond acceptors (Lipinski definition) is 4. The summed E-state index contributed by atoms with van der Waals surface area (Å²) in [6, 6.07) is 15.7. The summed E-state index contributed by atoms with van der Waals surface area (Å²) in [6.07, 6.45) is 3.37. The van der Waals surface area contributed by atoms with E-state index in [1.54, 1.807) is 12.1 Å². The topological polar surface area (TPSA) is 69.7 Å². The number of aryl methyl sites for hydroxylation is 2. The average Bonchev–Trinajstić information content (AvgIpc) is 3.34. The van der Waals surface area contributed by atoms with E-state index in [0.717, 1.165) is 18.7 Å². The van der Waals surface area contributed by atoms with Gasteiger partial charge in [0.1, 0.15) is 0 Å². The lowest BCUT2D eigenvalue weighted by molar-refractivity contribution is -0.121. The van der Waals surface area contributed by atoms with Crippen molar-refractivity contribution in [3.63, 3.8) is 0 Å². The minimum Gasteiger partial charge on any atom is -0.354 e. The summed E-state index contributed by atoms with van der Waals surface area (Å²) in [5, 5.41) is 3.13. The molecule has 1 saturated heterocycles. The maximum absolute atomic E-state index is 12.6. The van der Waals surface area contributed by atoms with Crippen molar-refractivity contribution in [3.8, 4) is 0 Å². The molecule has 1 unspecified atom stereocenters. The highest BCUT2D eigenvalue weighted by molar-refractivity contribution is 7.89. The van der Waals surface area contributed by atoms with Gasteiger partial charge in [-0.15, -0.1) is 0 Å². The van der Waals surface area contributed by atoms with Gasteiger partial charge in [0.15, 0.2) is 0 Å². The van der Waals surface area contributed by atoms with Crippen molar-refractivity contribution in [1.82, 2.24) is 14.5 Å². The van der Waals surface area contributed by atoms with E-state index in [0.29, 0.717) is 37.4 Å². The van der Waals surface area contributed by atoms with Crippen molar-refractivity contribution >= 4 is 15.9 Å². The van der Waals surface area contributed by atoms with E-state index in [2.05, 4.69) is 41.4 Å². The molecule has 180 valence electrons. The molecule has 0 aliphatic carbocycles. The predicted octanol–water partition coefficient (Wildman–Crippen LogP) is 3.91. The third-order valence-electron chi connectivity index (χ3n) is 6.44. The summed E-state index contributed by atoms with van der Waals surface area (Å²) in [4.78, 5) is 15.3. The molecule has 1 N–H and O–H groups in total. The van der Waals surface area contributed by atoms with Crippen molar-refractivity contribution < 1.29 is 13.2 Å². The van der Waals surface area contributed by atoms with Crippen LogP contribution >= 0.6 is 0 Å². The molecule has 1 aliphatic heterocycles. The van der Waals surface area contributed by atoms with Crippen LogP contribution in [0.3, 0.4) is 0 Å². The molecule has 1 fully saturated rings. The number of amides is 1. The molecule has 0 spiro atoms. The van der Waals surface area contributed by atoms with Gasteiger partial charge in [-0.1, -0.05) is 55.8 Å². The number of rotatable bonds is 11. The molecule has 7 heteroatoms. The second-order valence-electron chi connectivity index (χ2n) is 8.71. The molecule has 6 nitrogen and oxygen atoms in total. The number of nitrogens with one attached hydrogen (secondary N) is 1. The zero-order valence-corrected chi connectivity index (χ0v) is 20.9. The highest BCUT2D eigenvalue weighted by Crippen LogP contribution is 2.25. The number of carbonyl (C=O) groups is 1. The van der Waals surface area contributed by atoms with Gasteiger partial charge in [0.25, 0.3) is 0 Å². The maximum atomic E-state index is 12.6. The van der Waals surface area contributed by atoms with Crippen LogP contribution < -0.4 is 5.32 Å². The average molecular weight is 472 g/mol. The lowest BCUT2D eigenvalue weighted by Crippen LogP contribution is -2.36. The van der Waals surface area contributed by atoms with Gasteiger partial charge in [-0.05, 0) is 62.5 Å². The Morgan fingerprint density at radius 1 is 1.00 bits per heavy atom. The third-order valence-corrected chi connectivity index (χ3v) is 8.51. The first-order valence-corrected chi connectivity index (χ1v) is 13.5. The standard InChI is InChI=1S/C26H37N3O3S/c1-4-29(5-2)33(31,32)24-15-10-22(11-16-24)12-17-26(30)27-20-25(28-18-6-7-19-28)23-13-8-21(3)9-14-23/h8-11,13-16,25H,4-7,12,17-20H2,1-3H3,(H,27,30). The van der Waals surface area contributed by atoms with E-state index in [1.165, 1.54) is 28.3 Å². The van der Waals surface area contributed by atoms with Crippen LogP contribution in [0.15, 0.2) is 53.4 Å². The fourth-order valence-electron chi connectivity index (χ4n) is 4.40. The van der Waals surface area contributed by atoms with Crippen LogP contribution in [0.25, 0.3) is 0 Å². The van der Waals surface area contributed by atoms with Crippen molar-refractivity contribution in [2.24, 2.45) is 0 Å². The minimum absolute atomic E-state index is 0.0196. The summed E-state index contributed by atoms with van der Waals surface area (Å²) in [5.74, 6) is 0.0196. The van der Waals surface area contributed by atoms with Gasteiger partial charge in [0, 0.05) is 26.1 Å². The largest absolute Gasteiger partial charge is 0.354 e. The molecular formula is C26H37N3O3S. The van der Waals surface area contributed by atoms with Crippen LogP contribution in [0.1, 0.15) is 55.8 Å². The van der Waals surface area contributed by atoms with Gasteiger partial charge >= 0.3 is 0 Å². The van der Waals surface area contributed by atoms with Crippen molar-refractivity contribution in [2.75, 3.05) is 32.7 Å². The molecule has 33 heavy (non-hydrogen) atoms. The van der Waals surface area contributed by atoms with Crippen molar-refractivity contribution in [3.05, 3.63) is 65.2 Å². The molecule has 0 bridgehead atoms. The molecule has 2 aromatic rings. The van der Waals surface area contributed by atoms with Crippen LogP contribution in [-0.2, 0) is 21.2 Å². The Hall–Kier alpha value is -2.22. The normalized spacial score (nSPS) is 15.6. The second-order valence-corrected chi connectivity index (χ2v) is 10.6. The van der Waals surface area contributed by atoms with Crippen LogP contribution in [-0.4, -0.2) is 56.3 Å². The molecule has 3 rings (SSSR count). The van der Waals surface area contributed by atoms with Crippen LogP contribution in [0.2, 0.25) is 0 Å². The van der Waals surface area contributed by atoms with E-state index in [1.807, 2.05) is 26.0 Å². The first-order valence-electron chi connectivity index (χ1n) is 12.0. The molecule has 1 heterocycles. The van der Waals surface area contributed by atoms with E-state index in [9.17, 15) is 13.2 Å². The number of carbonyl (C=O) groups excluding carboxylic acids is 1. The smallest absolute Gasteiger partial charge is 0.243 e. The number of sulfonamides is 1. The third kappa shape index (κ3) is 6.65. The molecule has 0 aromatic heterocycles. The Bertz CT molecular complexity index is 994. The van der Waals surface area contributed by atoms with Crippen LogP contribution in [0.4, 0.5) is 0 Å². The van der Waals surface area contributed by atoms with Crippen LogP contribution in [0, 0.1) is 6.92 Å². The first kappa shape index (κ1) is 25.4. The fourth-order valence-corrected chi connectivity index (χ4v) is 5.86. The molecule has 1 aliphatic rings. The molecule has 1 amide bonds. The Morgan fingerprint density at radius 2 is 1.61 bits per heavy atom. The van der Waals surface area contributed by atoms with Crippen LogP contribution in [0.5, 0.6) is 0 Å². The molecule has 0 saturated carbocycles. The lowest BCUT2D eigenvalue weighted by Gasteiger charge is -2.28. The van der Waals surface area contributed by atoms with Gasteiger partial charge in [0.2, 0.25) is 15.9 Å². The summed E-state index contributed by atoms with van der Waals surface area (Å²) in [7, 11) is -3.46. The lowest BCUT2D eigenvalue weighted by atomic mass is 10.0. The molecule has 0 radical (unpaired) electrons. The van der Waals surface area contributed by atoms with Gasteiger partial charge in [-0.25, -0.2) is 8.42 Å². The summed E-state index contributed by atoms with van der Waals surface area (Å²) in [5.41, 5.74) is 3.44. The van der Waals surface area contributed by atoms with E-state index >= 15 is 0 Å². The zero-order chi connectivity index (χ0) is 23.8. The Labute approximate surface area is 199 Å². The highest BCUT2D eigenvalue weighted by Gasteiger charge is 2.24. The SMILES string of the molecule is CCN(CC)S(=O)(=O)c1ccc(CCC(=O)NCC(c2ccc(C)cc2)N2CCCC2)cc1. The summed E-state index contributed by atoms with van der Waals surface area (Å²) in [6.45, 7) is 9.38. The van der Waals surface area contributed by atoms with Crippen molar-refractivity contribution in [1.29, 1.82) is 0 Å². The number of benzene rings is 2. The van der Waals surface area contributed by atoms with Crippen molar-refractivity contribution in [2.45, 2.75) is 57.4 Å². The summed E-state index contributed by atoms with van der Waals surface area (Å²) < 4.78 is 26.7. The fraction of sp³-hybridized carbons (Fsp3) is 0.500. The summed E-state index contributed by atoms with van der Waals surface area (Å²) >= 11 is 0. The van der Waals surface area contributed by atoms with E-state index in [4.69, 9.17) is 0 Å². The first-order chi connectivity index (χ1) is 15.8. The molecule has 2 aromatic carbocycles. The Balaban J connectivity index is 1.55. The molecular weight excluding hydrogens is 434 g/mol. The number of likely N-dealkylation sites (tertiary alicyclic amines) is 1. The monoisotopic (exact) mass is 471 g/mol. The molecule has 1 atom stereocenters. The van der Waals surface area contributed by atoms with Gasteiger partial charge in [0.05, 0.1) is 10.9 Å². The van der Waals surface area contributed by atoms with Gasteiger partial charge in [-0.2, -0.15) is 4.31 Å². The quantitative estimate of drug-likeness (QED) is 0.539. The number of hydrogen-bond donors (Lipinski definition) is 1. The zero-order valence-electron chi connectivity index (χ0n) is 20.1. The number of nitrogens with zero attached hydrogens (tertiary/aromatic N) is 2. The van der Waals surface area contributed by atoms with E-state index in [-0.39, 0.29) is 11.9 Å². The van der Waals surface area contributed by atoms with Gasteiger partial charge in [-0.3, -0.25) is 9.69 Å². The maximum Gasteiger partial charge on any atom is 0.243 e. The van der Waals surface area contributed by atoms with E-state index < -0.39 is 10.0 Å². The predicted molar refractivity (Wildman–Crippen MR) is 133 cm³/mol. The Kier molecular flexibility index (Phi) is 9.06. The Morgan fingerprint density at radius 3 is 2.18 bits per heavy atom.